The van der Waals surface area contributed by atoms with E-state index in [0.29, 0.717) is 23.5 Å². The summed E-state index contributed by atoms with van der Waals surface area (Å²) < 4.78 is 41.9. The van der Waals surface area contributed by atoms with Gasteiger partial charge in [-0.2, -0.15) is 0 Å². The first kappa shape index (κ1) is 28.6. The monoisotopic (exact) mass is 560 g/mol. The van der Waals surface area contributed by atoms with Gasteiger partial charge in [0.15, 0.2) is 8.32 Å². The fraction of sp³-hybridized carbons (Fsp3) is 0.414. The molecule has 2 heterocycles. The normalized spacial score (nSPS) is 19.1. The van der Waals surface area contributed by atoms with Crippen molar-refractivity contribution >= 4 is 19.9 Å². The number of aliphatic hydroxyl groups is 1. The number of fused-ring (bicyclic) bond motifs is 1. The molecule has 1 aliphatic heterocycles. The van der Waals surface area contributed by atoms with Crippen LogP contribution in [-0.2, 0) is 15.4 Å². The minimum absolute atomic E-state index is 0.00131. The highest BCUT2D eigenvalue weighted by molar-refractivity contribution is 6.74. The van der Waals surface area contributed by atoms with E-state index in [1.165, 1.54) is 6.07 Å². The van der Waals surface area contributed by atoms with Crippen LogP contribution in [0.2, 0.25) is 23.2 Å². The lowest BCUT2D eigenvalue weighted by Crippen LogP contribution is -2.45. The molecular formula is C29H35ClF2N2O3Si. The van der Waals surface area contributed by atoms with E-state index >= 15 is 4.39 Å². The highest BCUT2D eigenvalue weighted by Crippen LogP contribution is 2.48. The van der Waals surface area contributed by atoms with Crippen molar-refractivity contribution in [2.24, 2.45) is 5.73 Å². The number of nitrogens with two attached hydrogens (primary N) is 1. The second-order valence-electron chi connectivity index (χ2n) is 11.8. The van der Waals surface area contributed by atoms with Gasteiger partial charge in [0.2, 0.25) is 0 Å². The van der Waals surface area contributed by atoms with E-state index in [-0.39, 0.29) is 40.2 Å². The Morgan fingerprint density at radius 2 is 1.79 bits per heavy atom. The molecular weight excluding hydrogens is 526 g/mol. The number of rotatable bonds is 7. The lowest BCUT2D eigenvalue weighted by Gasteiger charge is -2.38. The fourth-order valence-electron chi connectivity index (χ4n) is 4.30. The van der Waals surface area contributed by atoms with Crippen molar-refractivity contribution in [2.75, 3.05) is 19.8 Å². The van der Waals surface area contributed by atoms with Crippen LogP contribution in [0.25, 0.3) is 11.3 Å². The van der Waals surface area contributed by atoms with Crippen LogP contribution in [0, 0.1) is 11.6 Å². The molecule has 204 valence electrons. The lowest BCUT2D eigenvalue weighted by molar-refractivity contribution is 0.0854. The second kappa shape index (κ2) is 9.99. The first-order valence-electron chi connectivity index (χ1n) is 12.6. The molecule has 0 aliphatic carbocycles. The highest BCUT2D eigenvalue weighted by Gasteiger charge is 2.45. The molecule has 0 fully saturated rings. The van der Waals surface area contributed by atoms with Gasteiger partial charge in [0, 0.05) is 30.3 Å². The molecule has 9 heteroatoms. The van der Waals surface area contributed by atoms with Gasteiger partial charge in [0.25, 0.3) is 0 Å². The van der Waals surface area contributed by atoms with E-state index in [4.69, 9.17) is 26.5 Å². The van der Waals surface area contributed by atoms with Crippen LogP contribution in [0.3, 0.4) is 0 Å². The van der Waals surface area contributed by atoms with Gasteiger partial charge in [-0.3, -0.25) is 0 Å². The summed E-state index contributed by atoms with van der Waals surface area (Å²) in [5.41, 5.74) is 5.39. The zero-order valence-corrected chi connectivity index (χ0v) is 24.4. The molecule has 0 saturated carbocycles. The molecule has 5 nitrogen and oxygen atoms in total. The van der Waals surface area contributed by atoms with E-state index in [2.05, 4.69) is 38.8 Å². The molecule has 0 bridgehead atoms. The largest absolute Gasteiger partial charge is 0.490 e. The van der Waals surface area contributed by atoms with E-state index in [0.717, 1.165) is 6.07 Å². The van der Waals surface area contributed by atoms with Crippen LogP contribution in [0.5, 0.6) is 5.75 Å². The minimum Gasteiger partial charge on any atom is -0.490 e. The molecule has 38 heavy (non-hydrogen) atoms. The summed E-state index contributed by atoms with van der Waals surface area (Å²) in [6.07, 6.45) is 0. The zero-order chi connectivity index (χ0) is 28.1. The molecule has 2 aromatic carbocycles. The Morgan fingerprint density at radius 3 is 2.39 bits per heavy atom. The van der Waals surface area contributed by atoms with E-state index in [1.54, 1.807) is 30.3 Å². The third-order valence-electron chi connectivity index (χ3n) is 7.95. The number of benzene rings is 2. The Morgan fingerprint density at radius 1 is 1.13 bits per heavy atom. The summed E-state index contributed by atoms with van der Waals surface area (Å²) in [7, 11) is -2.11. The number of halogens is 3. The van der Waals surface area contributed by atoms with Crippen molar-refractivity contribution in [3.05, 3.63) is 82.0 Å². The van der Waals surface area contributed by atoms with E-state index in [1.807, 2.05) is 13.0 Å². The average molecular weight is 561 g/mol. The lowest BCUT2D eigenvalue weighted by atomic mass is 9.82. The maximum absolute atomic E-state index is 15.1. The summed E-state index contributed by atoms with van der Waals surface area (Å²) in [4.78, 5) is 4.67. The van der Waals surface area contributed by atoms with Crippen molar-refractivity contribution in [2.45, 2.75) is 56.8 Å². The van der Waals surface area contributed by atoms with Gasteiger partial charge in [-0.05, 0) is 42.8 Å². The zero-order valence-electron chi connectivity index (χ0n) is 22.7. The number of aromatic nitrogens is 1. The maximum atomic E-state index is 15.1. The van der Waals surface area contributed by atoms with E-state index in [9.17, 15) is 9.50 Å². The SMILES string of the molecule is CC(C)(C)[Si](C)(C)OC[C@@]1(C)COc2c1cc([C@@](O)(CN)c1ccccc1)nc2-c1cc(Cl)c(F)cc1F. The van der Waals surface area contributed by atoms with Crippen LogP contribution in [0.15, 0.2) is 48.5 Å². The van der Waals surface area contributed by atoms with Crippen molar-refractivity contribution in [1.82, 2.24) is 4.98 Å². The number of hydrogen-bond donors (Lipinski definition) is 2. The highest BCUT2D eigenvalue weighted by atomic mass is 35.5. The Bertz CT molecular complexity index is 1350. The van der Waals surface area contributed by atoms with Crippen LogP contribution in [0.4, 0.5) is 8.78 Å². The molecule has 1 aliphatic rings. The molecule has 4 rings (SSSR count). The number of ether oxygens (including phenoxy) is 1. The Hall–Kier alpha value is -2.36. The molecule has 0 amide bonds. The molecule has 0 saturated heterocycles. The van der Waals surface area contributed by atoms with Gasteiger partial charge < -0.3 is 20.0 Å². The van der Waals surface area contributed by atoms with E-state index < -0.39 is 31.0 Å². The second-order valence-corrected chi connectivity index (χ2v) is 17.0. The van der Waals surface area contributed by atoms with Crippen molar-refractivity contribution in [3.63, 3.8) is 0 Å². The molecule has 1 aromatic heterocycles. The summed E-state index contributed by atoms with van der Waals surface area (Å²) in [6.45, 7) is 13.3. The van der Waals surface area contributed by atoms with Gasteiger partial charge in [0.05, 0.1) is 16.1 Å². The van der Waals surface area contributed by atoms with Gasteiger partial charge in [-0.25, -0.2) is 13.8 Å². The fourth-order valence-corrected chi connectivity index (χ4v) is 5.57. The standard InChI is InChI=1S/C29H35ClF2N2O3Si/c1-27(2,3)38(5,6)37-17-28(4)16-36-26-20(28)13-24(29(35,15-33)18-10-8-7-9-11-18)34-25(26)19-12-21(30)23(32)14-22(19)31/h7-14,35H,15-17,33H2,1-6H3/t28-,29-/m1/s1. The maximum Gasteiger partial charge on any atom is 0.192 e. The first-order valence-corrected chi connectivity index (χ1v) is 15.9. The summed E-state index contributed by atoms with van der Waals surface area (Å²) in [5.74, 6) is -1.37. The van der Waals surface area contributed by atoms with Crippen LogP contribution < -0.4 is 10.5 Å². The molecule has 2 atom stereocenters. The third-order valence-corrected chi connectivity index (χ3v) is 12.7. The van der Waals surface area contributed by atoms with Gasteiger partial charge in [-0.15, -0.1) is 0 Å². The molecule has 0 spiro atoms. The molecule has 0 radical (unpaired) electrons. The van der Waals surface area contributed by atoms with Crippen molar-refractivity contribution in [1.29, 1.82) is 0 Å². The molecule has 3 aromatic rings. The minimum atomic E-state index is -2.11. The third kappa shape index (κ3) is 5.00. The van der Waals surface area contributed by atoms with Crippen LogP contribution in [-0.4, -0.2) is 38.2 Å². The summed E-state index contributed by atoms with van der Waals surface area (Å²) in [5, 5.41) is 11.6. The smallest absolute Gasteiger partial charge is 0.192 e. The van der Waals surface area contributed by atoms with Gasteiger partial charge >= 0.3 is 0 Å². The topological polar surface area (TPSA) is 77.6 Å². The average Bonchev–Trinajstić information content (AvgIpc) is 3.21. The Balaban J connectivity index is 1.93. The number of hydrogen-bond acceptors (Lipinski definition) is 5. The van der Waals surface area contributed by atoms with Crippen LogP contribution in [0.1, 0.15) is 44.5 Å². The van der Waals surface area contributed by atoms with Gasteiger partial charge in [-0.1, -0.05) is 62.7 Å². The first-order chi connectivity index (χ1) is 17.6. The number of pyridine rings is 1. The van der Waals surface area contributed by atoms with Crippen LogP contribution >= 0.6 is 11.6 Å². The predicted molar refractivity (Wildman–Crippen MR) is 149 cm³/mol. The number of nitrogens with zero attached hydrogens (tertiary/aromatic N) is 1. The summed E-state index contributed by atoms with van der Waals surface area (Å²) >= 11 is 6.04. The Kier molecular flexibility index (Phi) is 7.53. The molecule has 3 N–H and O–H groups in total. The van der Waals surface area contributed by atoms with Crippen molar-refractivity contribution < 1.29 is 23.1 Å². The summed E-state index contributed by atoms with van der Waals surface area (Å²) in [6, 6.07) is 12.6. The van der Waals surface area contributed by atoms with Gasteiger partial charge in [0.1, 0.15) is 35.3 Å². The predicted octanol–water partition coefficient (Wildman–Crippen LogP) is 6.55. The quantitative estimate of drug-likeness (QED) is 0.253. The van der Waals surface area contributed by atoms with Crippen molar-refractivity contribution in [3.8, 4) is 17.0 Å². The Labute approximate surface area is 229 Å². The molecule has 0 unspecified atom stereocenters.